The zero-order chi connectivity index (χ0) is 26.7. The molecule has 1 amide bonds. The molecule has 1 N–H and O–H groups in total. The smallest absolute Gasteiger partial charge is 0.295 e. The van der Waals surface area contributed by atoms with Crippen molar-refractivity contribution in [2.24, 2.45) is 0 Å². The van der Waals surface area contributed by atoms with Crippen molar-refractivity contribution in [3.63, 3.8) is 0 Å². The van der Waals surface area contributed by atoms with Crippen molar-refractivity contribution >= 4 is 17.4 Å². The van der Waals surface area contributed by atoms with Gasteiger partial charge in [0.1, 0.15) is 5.76 Å². The lowest BCUT2D eigenvalue weighted by Gasteiger charge is -2.31. The number of ketones is 1. The summed E-state index contributed by atoms with van der Waals surface area (Å²) in [6.45, 7) is 7.40. The molecule has 2 aromatic carbocycles. The average molecular weight is 511 g/mol. The number of ether oxygens (including phenoxy) is 4. The molecule has 9 heteroatoms. The summed E-state index contributed by atoms with van der Waals surface area (Å²) in [5, 5.41) is 11.5. The van der Waals surface area contributed by atoms with Crippen LogP contribution in [0.1, 0.15) is 28.3 Å². The molecule has 1 atom stereocenters. The Bertz CT molecular complexity index is 1190. The Labute approximate surface area is 217 Å². The number of aryl methyl sites for hydroxylation is 2. The first-order chi connectivity index (χ1) is 17.8. The number of nitrogens with zero attached hydrogens (tertiary/aromatic N) is 2. The molecule has 4 rings (SSSR count). The van der Waals surface area contributed by atoms with E-state index in [4.69, 9.17) is 18.9 Å². The Morgan fingerprint density at radius 3 is 2.22 bits per heavy atom. The molecule has 0 saturated carbocycles. The van der Waals surface area contributed by atoms with Crippen molar-refractivity contribution < 1.29 is 33.6 Å². The van der Waals surface area contributed by atoms with Gasteiger partial charge in [-0.05, 0) is 43.2 Å². The van der Waals surface area contributed by atoms with Crippen LogP contribution in [0.4, 0.5) is 0 Å². The van der Waals surface area contributed by atoms with E-state index in [-0.39, 0.29) is 11.3 Å². The van der Waals surface area contributed by atoms with Gasteiger partial charge in [-0.25, -0.2) is 0 Å². The van der Waals surface area contributed by atoms with E-state index in [1.807, 2.05) is 32.0 Å². The molecule has 198 valence electrons. The maximum Gasteiger partial charge on any atom is 0.295 e. The van der Waals surface area contributed by atoms with Gasteiger partial charge in [-0.15, -0.1) is 0 Å². The number of amides is 1. The number of carbonyl (C=O) groups is 2. The Hall–Kier alpha value is -3.56. The van der Waals surface area contributed by atoms with Gasteiger partial charge < -0.3 is 29.0 Å². The van der Waals surface area contributed by atoms with Gasteiger partial charge in [0.05, 0.1) is 46.2 Å². The number of Topliss-reactive ketones (excluding diaryl/α,β-unsaturated/α-hetero) is 1. The van der Waals surface area contributed by atoms with Crippen LogP contribution in [-0.4, -0.2) is 87.3 Å². The number of likely N-dealkylation sites (tertiary alicyclic amines) is 1. The molecule has 1 unspecified atom stereocenters. The summed E-state index contributed by atoms with van der Waals surface area (Å²) < 4.78 is 22.0. The third-order valence-corrected chi connectivity index (χ3v) is 6.95. The Kier molecular flexibility index (Phi) is 8.04. The highest BCUT2D eigenvalue weighted by molar-refractivity contribution is 6.46. The minimum absolute atomic E-state index is 0.0370. The molecule has 0 spiro atoms. The van der Waals surface area contributed by atoms with E-state index in [9.17, 15) is 14.7 Å². The number of aliphatic hydroxyl groups excluding tert-OH is 1. The second kappa shape index (κ2) is 11.2. The highest BCUT2D eigenvalue weighted by Crippen LogP contribution is 2.45. The minimum Gasteiger partial charge on any atom is -0.507 e. The van der Waals surface area contributed by atoms with Crippen molar-refractivity contribution in [1.82, 2.24) is 9.80 Å². The quantitative estimate of drug-likeness (QED) is 0.329. The van der Waals surface area contributed by atoms with E-state index in [0.717, 1.165) is 24.2 Å². The van der Waals surface area contributed by atoms with E-state index in [1.54, 1.807) is 12.1 Å². The molecule has 2 aliphatic heterocycles. The lowest BCUT2D eigenvalue weighted by Crippen LogP contribution is -2.42. The Morgan fingerprint density at radius 1 is 0.973 bits per heavy atom. The first-order valence-electron chi connectivity index (χ1n) is 12.3. The predicted octanol–water partition coefficient (Wildman–Crippen LogP) is 3.08. The lowest BCUT2D eigenvalue weighted by molar-refractivity contribution is -0.140. The molecule has 37 heavy (non-hydrogen) atoms. The fourth-order valence-electron chi connectivity index (χ4n) is 4.93. The predicted molar refractivity (Wildman–Crippen MR) is 138 cm³/mol. The summed E-state index contributed by atoms with van der Waals surface area (Å²) >= 11 is 0. The summed E-state index contributed by atoms with van der Waals surface area (Å²) in [5.74, 6) is -0.400. The summed E-state index contributed by atoms with van der Waals surface area (Å²) in [6, 6.07) is 8.23. The zero-order valence-corrected chi connectivity index (χ0v) is 22.0. The molecule has 0 radical (unpaired) electrons. The number of hydrogen-bond donors (Lipinski definition) is 1. The topological polar surface area (TPSA) is 97.8 Å². The number of hydrogen-bond acceptors (Lipinski definition) is 8. The van der Waals surface area contributed by atoms with Crippen LogP contribution in [0.2, 0.25) is 0 Å². The first kappa shape index (κ1) is 26.5. The van der Waals surface area contributed by atoms with Gasteiger partial charge in [0.2, 0.25) is 5.75 Å². The van der Waals surface area contributed by atoms with Crippen LogP contribution in [0.25, 0.3) is 5.76 Å². The minimum atomic E-state index is -0.838. The second-order valence-electron chi connectivity index (χ2n) is 9.22. The number of aliphatic hydroxyl groups is 1. The van der Waals surface area contributed by atoms with Crippen molar-refractivity contribution in [3.05, 3.63) is 58.2 Å². The fraction of sp³-hybridized carbons (Fsp3) is 0.429. The largest absolute Gasteiger partial charge is 0.507 e. The number of morpholine rings is 1. The van der Waals surface area contributed by atoms with Gasteiger partial charge in [-0.1, -0.05) is 17.7 Å². The lowest BCUT2D eigenvalue weighted by atomic mass is 9.93. The molecular weight excluding hydrogens is 476 g/mol. The van der Waals surface area contributed by atoms with Crippen molar-refractivity contribution in [3.8, 4) is 17.2 Å². The van der Waals surface area contributed by atoms with Gasteiger partial charge >= 0.3 is 0 Å². The molecule has 0 bridgehead atoms. The van der Waals surface area contributed by atoms with Crippen molar-refractivity contribution in [2.45, 2.75) is 19.9 Å². The van der Waals surface area contributed by atoms with Gasteiger partial charge in [0.15, 0.2) is 11.5 Å². The van der Waals surface area contributed by atoms with E-state index in [1.165, 1.54) is 26.2 Å². The van der Waals surface area contributed by atoms with Crippen LogP contribution in [0.5, 0.6) is 17.2 Å². The maximum absolute atomic E-state index is 13.5. The van der Waals surface area contributed by atoms with Crippen LogP contribution >= 0.6 is 0 Å². The average Bonchev–Trinajstić information content (AvgIpc) is 3.17. The highest BCUT2D eigenvalue weighted by atomic mass is 16.5. The summed E-state index contributed by atoms with van der Waals surface area (Å²) in [5.41, 5.74) is 2.85. The van der Waals surface area contributed by atoms with E-state index in [2.05, 4.69) is 4.90 Å². The summed E-state index contributed by atoms with van der Waals surface area (Å²) in [4.78, 5) is 30.6. The fourth-order valence-corrected chi connectivity index (χ4v) is 4.93. The van der Waals surface area contributed by atoms with Crippen LogP contribution in [0.15, 0.2) is 35.9 Å². The van der Waals surface area contributed by atoms with Gasteiger partial charge in [0, 0.05) is 31.7 Å². The molecule has 9 nitrogen and oxygen atoms in total. The van der Waals surface area contributed by atoms with Gasteiger partial charge in [0.25, 0.3) is 11.7 Å². The second-order valence-corrected chi connectivity index (χ2v) is 9.22. The van der Waals surface area contributed by atoms with E-state index in [0.29, 0.717) is 54.7 Å². The van der Waals surface area contributed by atoms with Crippen molar-refractivity contribution in [1.29, 1.82) is 0 Å². The maximum atomic E-state index is 13.5. The van der Waals surface area contributed by atoms with Crippen LogP contribution in [-0.2, 0) is 14.3 Å². The Balaban J connectivity index is 1.87. The van der Waals surface area contributed by atoms with E-state index < -0.39 is 17.7 Å². The standard InChI is InChI=1S/C28H34N2O7/c1-17-6-7-18(2)20(14-17)25(31)23-24(19-15-21(34-3)27(36-5)22(16-19)35-4)30(28(33)26(23)32)9-8-29-10-12-37-13-11-29/h6-7,14-16,24,31H,8-13H2,1-5H3/b25-23+. The molecule has 2 heterocycles. The van der Waals surface area contributed by atoms with Crippen LogP contribution < -0.4 is 14.2 Å². The molecule has 2 fully saturated rings. The Morgan fingerprint density at radius 2 is 1.62 bits per heavy atom. The number of methoxy groups -OCH3 is 3. The third kappa shape index (κ3) is 5.14. The third-order valence-electron chi connectivity index (χ3n) is 6.95. The molecule has 0 aromatic heterocycles. The normalized spacial score (nSPS) is 19.8. The molecule has 2 aliphatic rings. The zero-order valence-electron chi connectivity index (χ0n) is 22.0. The number of carbonyl (C=O) groups excluding carboxylic acids is 2. The number of rotatable bonds is 8. The first-order valence-corrected chi connectivity index (χ1v) is 12.3. The van der Waals surface area contributed by atoms with Gasteiger partial charge in [-0.2, -0.15) is 0 Å². The summed E-state index contributed by atoms with van der Waals surface area (Å²) in [7, 11) is 4.52. The van der Waals surface area contributed by atoms with Gasteiger partial charge in [-0.3, -0.25) is 14.5 Å². The summed E-state index contributed by atoms with van der Waals surface area (Å²) in [6.07, 6.45) is 0. The molecule has 2 saturated heterocycles. The number of benzene rings is 2. The molecule has 2 aromatic rings. The van der Waals surface area contributed by atoms with Crippen LogP contribution in [0, 0.1) is 13.8 Å². The molecular formula is C28H34N2O7. The van der Waals surface area contributed by atoms with Crippen LogP contribution in [0.3, 0.4) is 0 Å². The SMILES string of the molecule is COc1cc(C2/C(=C(\O)c3cc(C)ccc3C)C(=O)C(=O)N2CCN2CCOCC2)cc(OC)c1OC. The highest BCUT2D eigenvalue weighted by Gasteiger charge is 2.46. The monoisotopic (exact) mass is 510 g/mol. The van der Waals surface area contributed by atoms with Crippen molar-refractivity contribution in [2.75, 3.05) is 60.7 Å². The van der Waals surface area contributed by atoms with E-state index >= 15 is 0 Å². The molecule has 0 aliphatic carbocycles.